The van der Waals surface area contributed by atoms with Crippen molar-refractivity contribution in [2.75, 3.05) is 117 Å². The molecule has 0 spiro atoms. The van der Waals surface area contributed by atoms with Gasteiger partial charge in [-0.3, -0.25) is 0 Å². The molecule has 2 aliphatic rings. The molecule has 0 amide bonds. The van der Waals surface area contributed by atoms with Gasteiger partial charge in [-0.25, -0.2) is 9.59 Å². The first-order valence-corrected chi connectivity index (χ1v) is 23.0. The molecule has 15 heteroatoms. The molecule has 0 aromatic heterocycles. The van der Waals surface area contributed by atoms with Crippen molar-refractivity contribution < 1.29 is 70.7 Å². The molecule has 68 heavy (non-hydrogen) atoms. The Labute approximate surface area is 401 Å². The molecule has 368 valence electrons. The van der Waals surface area contributed by atoms with Crippen LogP contribution in [0.3, 0.4) is 0 Å². The standard InChI is InChI=1S/C53H70N2O13/c1-54(22-18-37-31-45(60-5)47(62-7)33-39(37)41(54)26-35-14-15-43(58-3)44(28-35)59-4)20-12-24-67-51(56)16-17-52(57)68-25-13-21-55(2)23-19-38-32-46(61-6)48(63-8)34-40(38)42(55)27-36-29-49(64-9)53(66-11)50(30-36)65-10/h14-17,28-34,41-42H,12-13,18-27H2,1-11H3/q+2/b17-16+. The molecular formula is C53H70N2O13+2. The molecule has 0 radical (unpaired) electrons. The molecule has 4 unspecified atom stereocenters. The summed E-state index contributed by atoms with van der Waals surface area (Å²) in [6.07, 6.45) is 6.58. The topological polar surface area (TPSA) is 136 Å². The van der Waals surface area contributed by atoms with Crippen molar-refractivity contribution in [2.45, 2.75) is 50.6 Å². The Morgan fingerprint density at radius 1 is 0.485 bits per heavy atom. The largest absolute Gasteiger partial charge is 0.493 e. The zero-order valence-electron chi connectivity index (χ0n) is 41.7. The molecule has 4 aromatic carbocycles. The van der Waals surface area contributed by atoms with Gasteiger partial charge in [-0.05, 0) is 70.8 Å². The highest BCUT2D eigenvalue weighted by Gasteiger charge is 2.41. The fourth-order valence-electron chi connectivity index (χ4n) is 9.99. The second-order valence-corrected chi connectivity index (χ2v) is 17.7. The first-order chi connectivity index (χ1) is 32.8. The van der Waals surface area contributed by atoms with Crippen LogP contribution in [0.1, 0.15) is 58.3 Å². The van der Waals surface area contributed by atoms with E-state index in [0.29, 0.717) is 75.5 Å². The van der Waals surface area contributed by atoms with Crippen molar-refractivity contribution in [3.05, 3.63) is 100 Å². The van der Waals surface area contributed by atoms with Gasteiger partial charge < -0.3 is 61.1 Å². The maximum atomic E-state index is 12.9. The molecule has 2 heterocycles. The summed E-state index contributed by atoms with van der Waals surface area (Å²) in [5.74, 6) is 4.60. The van der Waals surface area contributed by atoms with Gasteiger partial charge in [-0.2, -0.15) is 0 Å². The summed E-state index contributed by atoms with van der Waals surface area (Å²) in [6, 6.07) is 18.4. The molecule has 0 N–H and O–H groups in total. The summed E-state index contributed by atoms with van der Waals surface area (Å²) in [7, 11) is 19.2. The Balaban J connectivity index is 1.05. The zero-order valence-corrected chi connectivity index (χ0v) is 41.7. The molecule has 4 atom stereocenters. The van der Waals surface area contributed by atoms with Crippen LogP contribution in [-0.4, -0.2) is 138 Å². The van der Waals surface area contributed by atoms with E-state index < -0.39 is 11.9 Å². The quantitative estimate of drug-likeness (QED) is 0.0316. The van der Waals surface area contributed by atoms with Gasteiger partial charge in [0.25, 0.3) is 0 Å². The minimum atomic E-state index is -0.602. The Hall–Kier alpha value is -6.32. The van der Waals surface area contributed by atoms with Crippen molar-refractivity contribution in [2.24, 2.45) is 0 Å². The van der Waals surface area contributed by atoms with Gasteiger partial charge in [-0.1, -0.05) is 6.07 Å². The van der Waals surface area contributed by atoms with Gasteiger partial charge in [0.05, 0.1) is 117 Å². The minimum Gasteiger partial charge on any atom is -0.493 e. The fraction of sp³-hybridized carbons (Fsp3) is 0.472. The summed E-state index contributed by atoms with van der Waals surface area (Å²) >= 11 is 0. The lowest BCUT2D eigenvalue weighted by atomic mass is 9.86. The monoisotopic (exact) mass is 942 g/mol. The maximum Gasteiger partial charge on any atom is 0.331 e. The SMILES string of the molecule is COc1ccc(CC2c3cc(OC)c(OC)cc3CC[N+]2(C)CCCOC(=O)/C=C/C(=O)OCCC[N+]2(C)CCc3cc(OC)c(OC)cc3C2Cc2cc(OC)c(OC)c(OC)c2)cc1OC. The van der Waals surface area contributed by atoms with E-state index in [-0.39, 0.29) is 25.3 Å². The number of fused-ring (bicyclic) bond motifs is 2. The lowest BCUT2D eigenvalue weighted by Crippen LogP contribution is -2.52. The van der Waals surface area contributed by atoms with Crippen LogP contribution in [0, 0.1) is 0 Å². The third-order valence-corrected chi connectivity index (χ3v) is 13.8. The van der Waals surface area contributed by atoms with E-state index in [1.54, 1.807) is 64.0 Å². The van der Waals surface area contributed by atoms with Gasteiger partial charge in [0.1, 0.15) is 12.1 Å². The maximum absolute atomic E-state index is 12.9. The Morgan fingerprint density at radius 3 is 1.28 bits per heavy atom. The summed E-state index contributed by atoms with van der Waals surface area (Å²) in [6.45, 7) is 3.59. The smallest absolute Gasteiger partial charge is 0.331 e. The van der Waals surface area contributed by atoms with Crippen LogP contribution >= 0.6 is 0 Å². The molecule has 15 nitrogen and oxygen atoms in total. The van der Waals surface area contributed by atoms with E-state index in [9.17, 15) is 9.59 Å². The first-order valence-electron chi connectivity index (χ1n) is 23.0. The average Bonchev–Trinajstić information content (AvgIpc) is 3.36. The number of carbonyl (C=O) groups is 2. The van der Waals surface area contributed by atoms with Crippen LogP contribution in [0.25, 0.3) is 0 Å². The lowest BCUT2D eigenvalue weighted by molar-refractivity contribution is -0.941. The van der Waals surface area contributed by atoms with E-state index in [2.05, 4.69) is 44.4 Å². The van der Waals surface area contributed by atoms with Crippen molar-refractivity contribution in [1.82, 2.24) is 0 Å². The van der Waals surface area contributed by atoms with Crippen LogP contribution in [0.5, 0.6) is 51.7 Å². The second-order valence-electron chi connectivity index (χ2n) is 17.7. The number of methoxy groups -OCH3 is 9. The Morgan fingerprint density at radius 2 is 0.868 bits per heavy atom. The van der Waals surface area contributed by atoms with Gasteiger partial charge in [0.2, 0.25) is 5.75 Å². The highest BCUT2D eigenvalue weighted by atomic mass is 16.5. The molecule has 0 saturated carbocycles. The van der Waals surface area contributed by atoms with Crippen LogP contribution in [0.15, 0.2) is 66.7 Å². The predicted octanol–water partition coefficient (Wildman–Crippen LogP) is 7.46. The zero-order chi connectivity index (χ0) is 49.0. The lowest BCUT2D eigenvalue weighted by Gasteiger charge is -2.46. The van der Waals surface area contributed by atoms with Crippen molar-refractivity contribution in [1.29, 1.82) is 0 Å². The van der Waals surface area contributed by atoms with Gasteiger partial charge in [0.15, 0.2) is 46.0 Å². The Bertz CT molecular complexity index is 2390. The molecule has 0 bridgehead atoms. The number of benzene rings is 4. The molecule has 0 fully saturated rings. The summed E-state index contributed by atoms with van der Waals surface area (Å²) in [4.78, 5) is 25.7. The summed E-state index contributed by atoms with van der Waals surface area (Å²) in [5, 5.41) is 0. The predicted molar refractivity (Wildman–Crippen MR) is 257 cm³/mol. The number of esters is 2. The third-order valence-electron chi connectivity index (χ3n) is 13.8. The number of ether oxygens (including phenoxy) is 11. The summed E-state index contributed by atoms with van der Waals surface area (Å²) < 4.78 is 63.5. The van der Waals surface area contributed by atoms with Crippen LogP contribution in [0.2, 0.25) is 0 Å². The number of quaternary nitrogens is 2. The van der Waals surface area contributed by atoms with E-state index in [0.717, 1.165) is 78.8 Å². The average molecular weight is 943 g/mol. The molecule has 0 saturated heterocycles. The van der Waals surface area contributed by atoms with E-state index in [4.69, 9.17) is 52.1 Å². The Kier molecular flexibility index (Phi) is 17.4. The highest BCUT2D eigenvalue weighted by Crippen LogP contribution is 2.46. The van der Waals surface area contributed by atoms with Crippen LogP contribution in [-0.2, 0) is 44.7 Å². The van der Waals surface area contributed by atoms with E-state index >= 15 is 0 Å². The number of rotatable bonds is 23. The van der Waals surface area contributed by atoms with Crippen molar-refractivity contribution >= 4 is 11.9 Å². The molecule has 4 aromatic rings. The van der Waals surface area contributed by atoms with Crippen molar-refractivity contribution in [3.63, 3.8) is 0 Å². The normalized spacial score (nSPS) is 19.5. The molecule has 6 rings (SSSR count). The number of likely N-dealkylation sites (N-methyl/N-ethyl adjacent to an activating group) is 2. The van der Waals surface area contributed by atoms with Crippen LogP contribution in [0.4, 0.5) is 0 Å². The number of carbonyl (C=O) groups excluding carboxylic acids is 2. The van der Waals surface area contributed by atoms with E-state index in [1.165, 1.54) is 16.7 Å². The van der Waals surface area contributed by atoms with Gasteiger partial charge >= 0.3 is 11.9 Å². The first kappa shape index (κ1) is 51.1. The number of nitrogens with zero attached hydrogens (tertiary/aromatic N) is 2. The minimum absolute atomic E-state index is 0.0122. The number of hydrogen-bond donors (Lipinski definition) is 0. The molecule has 0 aliphatic carbocycles. The number of hydrogen-bond acceptors (Lipinski definition) is 13. The summed E-state index contributed by atoms with van der Waals surface area (Å²) in [5.41, 5.74) is 6.90. The van der Waals surface area contributed by atoms with Crippen LogP contribution < -0.4 is 42.6 Å². The van der Waals surface area contributed by atoms with Crippen molar-refractivity contribution in [3.8, 4) is 51.7 Å². The fourth-order valence-corrected chi connectivity index (χ4v) is 9.99. The van der Waals surface area contributed by atoms with Gasteiger partial charge in [0, 0.05) is 61.8 Å². The molecule has 2 aliphatic heterocycles. The highest BCUT2D eigenvalue weighted by molar-refractivity contribution is 5.91. The molecular weight excluding hydrogens is 873 g/mol. The van der Waals surface area contributed by atoms with E-state index in [1.807, 2.05) is 24.3 Å². The third kappa shape index (κ3) is 11.5. The van der Waals surface area contributed by atoms with Gasteiger partial charge in [-0.15, -0.1) is 0 Å². The second kappa shape index (κ2) is 23.1.